The van der Waals surface area contributed by atoms with Crippen molar-refractivity contribution in [2.75, 3.05) is 25.9 Å². The molecule has 0 spiro atoms. The van der Waals surface area contributed by atoms with Crippen LogP contribution in [0.15, 0.2) is 65.7 Å². The number of carbonyl (C=O) groups is 1. The van der Waals surface area contributed by atoms with Crippen molar-refractivity contribution in [1.82, 2.24) is 24.3 Å². The number of ether oxygens (including phenoxy) is 1. The van der Waals surface area contributed by atoms with E-state index in [0.29, 0.717) is 11.5 Å². The van der Waals surface area contributed by atoms with E-state index in [-0.39, 0.29) is 18.0 Å². The minimum Gasteiger partial charge on any atom is -0.457 e. The van der Waals surface area contributed by atoms with Gasteiger partial charge in [-0.15, -0.1) is 0 Å². The number of aromatic nitrogens is 2. The van der Waals surface area contributed by atoms with E-state index in [1.54, 1.807) is 18.3 Å². The zero-order valence-electron chi connectivity index (χ0n) is 18.5. The fourth-order valence-corrected chi connectivity index (χ4v) is 6.08. The lowest BCUT2D eigenvalue weighted by molar-refractivity contribution is -0.134. The third kappa shape index (κ3) is 5.36. The van der Waals surface area contributed by atoms with E-state index >= 15 is 0 Å². The summed E-state index contributed by atoms with van der Waals surface area (Å²) in [5.41, 5.74) is 3.20. The number of rotatable bonds is 7. The molecule has 0 bridgehead atoms. The van der Waals surface area contributed by atoms with Gasteiger partial charge in [-0.05, 0) is 60.2 Å². The number of H-pyrrole nitrogens is 1. The Labute approximate surface area is 202 Å². The highest BCUT2D eigenvalue weighted by molar-refractivity contribution is 7.89. The lowest BCUT2D eigenvalue weighted by Crippen LogP contribution is -2.60. The Morgan fingerprint density at radius 3 is 2.20 bits per heavy atom. The van der Waals surface area contributed by atoms with E-state index in [2.05, 4.69) is 10.2 Å². The summed E-state index contributed by atoms with van der Waals surface area (Å²) in [6.45, 7) is -0.794. The van der Waals surface area contributed by atoms with Crippen LogP contribution < -0.4 is 10.2 Å². The molecule has 12 nitrogen and oxygen atoms in total. The number of sulfonamides is 2. The summed E-state index contributed by atoms with van der Waals surface area (Å²) in [6.07, 6.45) is 2.62. The lowest BCUT2D eigenvalue weighted by Gasteiger charge is -2.38. The highest BCUT2D eigenvalue weighted by Gasteiger charge is 2.42. The molecule has 4 rings (SSSR count). The van der Waals surface area contributed by atoms with Crippen molar-refractivity contribution in [2.24, 2.45) is 0 Å². The Bertz CT molecular complexity index is 1390. The number of piperazine rings is 1. The van der Waals surface area contributed by atoms with Gasteiger partial charge in [0.25, 0.3) is 5.91 Å². The minimum atomic E-state index is -4.18. The van der Waals surface area contributed by atoms with Crippen molar-refractivity contribution in [3.63, 3.8) is 0 Å². The van der Waals surface area contributed by atoms with E-state index < -0.39 is 38.5 Å². The molecule has 35 heavy (non-hydrogen) atoms. The molecule has 0 aliphatic carbocycles. The monoisotopic (exact) mass is 521 g/mol. The molecule has 0 radical (unpaired) electrons. The van der Waals surface area contributed by atoms with Gasteiger partial charge in [-0.25, -0.2) is 22.3 Å². The number of hydrogen-bond donors (Lipinski definition) is 3. The molecule has 3 N–H and O–H groups in total. The van der Waals surface area contributed by atoms with Gasteiger partial charge < -0.3 is 4.74 Å². The Kier molecular flexibility index (Phi) is 6.91. The summed E-state index contributed by atoms with van der Waals surface area (Å²) in [6, 6.07) is 13.3. The lowest BCUT2D eigenvalue weighted by atomic mass is 10.1. The molecule has 1 aliphatic rings. The van der Waals surface area contributed by atoms with Gasteiger partial charge in [0.15, 0.2) is 0 Å². The molecule has 0 saturated carbocycles. The van der Waals surface area contributed by atoms with Gasteiger partial charge in [-0.2, -0.15) is 13.7 Å². The van der Waals surface area contributed by atoms with Crippen LogP contribution in [0.25, 0.3) is 11.3 Å². The fourth-order valence-electron chi connectivity index (χ4n) is 3.69. The van der Waals surface area contributed by atoms with Gasteiger partial charge in [0.05, 0.1) is 16.8 Å². The molecule has 1 atom stereocenters. The predicted molar refractivity (Wildman–Crippen MR) is 125 cm³/mol. The van der Waals surface area contributed by atoms with E-state index in [1.165, 1.54) is 29.7 Å². The van der Waals surface area contributed by atoms with Crippen molar-refractivity contribution >= 4 is 26.0 Å². The fraction of sp³-hybridized carbons (Fsp3) is 0.238. The molecule has 14 heteroatoms. The van der Waals surface area contributed by atoms with Crippen LogP contribution in [-0.2, 0) is 24.8 Å². The number of carbonyl (C=O) groups excluding carboxylic acids is 1. The van der Waals surface area contributed by atoms with Crippen LogP contribution in [0.1, 0.15) is 0 Å². The third-order valence-corrected chi connectivity index (χ3v) is 8.70. The number of benzene rings is 2. The van der Waals surface area contributed by atoms with Gasteiger partial charge in [-0.1, -0.05) is 0 Å². The molecular weight excluding hydrogens is 498 g/mol. The number of hydroxylamine groups is 1. The average molecular weight is 522 g/mol. The second-order valence-electron chi connectivity index (χ2n) is 7.80. The minimum absolute atomic E-state index is 0.108. The quantitative estimate of drug-likeness (QED) is 0.306. The second-order valence-corrected chi connectivity index (χ2v) is 11.7. The highest BCUT2D eigenvalue weighted by atomic mass is 32.2. The summed E-state index contributed by atoms with van der Waals surface area (Å²) < 4.78 is 57.9. The van der Waals surface area contributed by atoms with E-state index in [0.717, 1.165) is 26.1 Å². The van der Waals surface area contributed by atoms with E-state index in [4.69, 9.17) is 9.94 Å². The molecule has 1 fully saturated rings. The van der Waals surface area contributed by atoms with Crippen LogP contribution in [0.3, 0.4) is 0 Å². The Hall–Kier alpha value is -3.30. The number of amides is 1. The summed E-state index contributed by atoms with van der Waals surface area (Å²) >= 11 is 0. The largest absolute Gasteiger partial charge is 0.457 e. The van der Waals surface area contributed by atoms with Crippen molar-refractivity contribution in [1.29, 1.82) is 0 Å². The molecule has 1 amide bonds. The molecule has 3 aromatic rings. The van der Waals surface area contributed by atoms with Crippen LogP contribution in [0.2, 0.25) is 0 Å². The number of hydrogen-bond acceptors (Lipinski definition) is 8. The normalized spacial score (nSPS) is 17.7. The topological polar surface area (TPSA) is 162 Å². The Morgan fingerprint density at radius 1 is 1.03 bits per heavy atom. The zero-order valence-corrected chi connectivity index (χ0v) is 20.2. The van der Waals surface area contributed by atoms with Crippen molar-refractivity contribution in [2.45, 2.75) is 10.9 Å². The molecule has 1 unspecified atom stereocenters. The van der Waals surface area contributed by atoms with Gasteiger partial charge in [0, 0.05) is 25.8 Å². The number of aromatic amines is 1. The SMILES string of the molecule is CS(=O)(=O)N1CCN(S(=O)(=O)c2ccc(Oc3ccc(-c4ccn[nH]4)cc3)cc2)C(C(=O)NO)C1. The number of nitrogens with zero attached hydrogens (tertiary/aromatic N) is 3. The van der Waals surface area contributed by atoms with Crippen LogP contribution in [0.4, 0.5) is 0 Å². The third-order valence-electron chi connectivity index (χ3n) is 5.51. The predicted octanol–water partition coefficient (Wildman–Crippen LogP) is 1.01. The van der Waals surface area contributed by atoms with Gasteiger partial charge in [-0.3, -0.25) is 15.1 Å². The zero-order chi connectivity index (χ0) is 25.2. The summed E-state index contributed by atoms with van der Waals surface area (Å²) in [5, 5.41) is 15.8. The summed E-state index contributed by atoms with van der Waals surface area (Å²) in [7, 11) is -7.84. The van der Waals surface area contributed by atoms with Crippen LogP contribution in [0, 0.1) is 0 Å². The maximum absolute atomic E-state index is 13.2. The van der Waals surface area contributed by atoms with Gasteiger partial charge >= 0.3 is 0 Å². The molecule has 186 valence electrons. The second kappa shape index (κ2) is 9.75. The van der Waals surface area contributed by atoms with Crippen LogP contribution in [0.5, 0.6) is 11.5 Å². The van der Waals surface area contributed by atoms with E-state index in [9.17, 15) is 21.6 Å². The number of nitrogens with one attached hydrogen (secondary N) is 2. The van der Waals surface area contributed by atoms with Gasteiger partial charge in [0.1, 0.15) is 17.5 Å². The van der Waals surface area contributed by atoms with E-state index in [1.807, 2.05) is 18.2 Å². The first kappa shape index (κ1) is 24.8. The first-order chi connectivity index (χ1) is 16.6. The maximum atomic E-state index is 13.2. The highest BCUT2D eigenvalue weighted by Crippen LogP contribution is 2.28. The van der Waals surface area contributed by atoms with Crippen molar-refractivity contribution in [3.05, 3.63) is 60.8 Å². The molecule has 1 aliphatic heterocycles. The first-order valence-corrected chi connectivity index (χ1v) is 13.7. The standard InChI is InChI=1S/C21H23N5O7S2/c1-34(29,30)25-12-13-26(20(14-25)21(27)24-28)35(31,32)18-8-6-17(7-9-18)33-16-4-2-15(3-5-16)19-10-11-22-23-19/h2-11,20,28H,12-14H2,1H3,(H,22,23)(H,24,27). The Morgan fingerprint density at radius 2 is 1.66 bits per heavy atom. The molecule has 2 aromatic carbocycles. The summed E-state index contributed by atoms with van der Waals surface area (Å²) in [5.74, 6) is -0.0920. The maximum Gasteiger partial charge on any atom is 0.263 e. The first-order valence-electron chi connectivity index (χ1n) is 10.4. The van der Waals surface area contributed by atoms with Gasteiger partial charge in [0.2, 0.25) is 20.0 Å². The van der Waals surface area contributed by atoms with Crippen molar-refractivity contribution in [3.8, 4) is 22.8 Å². The average Bonchev–Trinajstić information content (AvgIpc) is 3.38. The van der Waals surface area contributed by atoms with Crippen LogP contribution >= 0.6 is 0 Å². The Balaban J connectivity index is 1.51. The molecule has 2 heterocycles. The smallest absolute Gasteiger partial charge is 0.263 e. The van der Waals surface area contributed by atoms with Crippen LogP contribution in [-0.4, -0.2) is 78.7 Å². The molecule has 1 aromatic heterocycles. The summed E-state index contributed by atoms with van der Waals surface area (Å²) in [4.78, 5) is 12.1. The van der Waals surface area contributed by atoms with Crippen molar-refractivity contribution < 1.29 is 31.6 Å². The molecular formula is C21H23N5O7S2. The molecule has 1 saturated heterocycles.